The summed E-state index contributed by atoms with van der Waals surface area (Å²) < 4.78 is 5.08. The molecule has 90 valence electrons. The lowest BCUT2D eigenvalue weighted by atomic mass is 10.1. The molecule has 1 unspecified atom stereocenters. The van der Waals surface area contributed by atoms with Gasteiger partial charge in [-0.2, -0.15) is 0 Å². The van der Waals surface area contributed by atoms with Gasteiger partial charge < -0.3 is 9.84 Å². The van der Waals surface area contributed by atoms with Gasteiger partial charge in [0.2, 0.25) is 0 Å². The van der Waals surface area contributed by atoms with Crippen LogP contribution in [0.5, 0.6) is 5.75 Å². The smallest absolute Gasteiger partial charge is 0.129 e. The third kappa shape index (κ3) is 2.75. The standard InChI is InChI=1S/C12H10Cl2O2S/c1-16-8-5-11(17-6-8)12(15)9-4-7(13)2-3-10(9)14/h2-6,12,15H,1H3. The average Bonchev–Trinajstić information content (AvgIpc) is 2.80. The van der Waals surface area contributed by atoms with Gasteiger partial charge in [0.05, 0.1) is 7.11 Å². The van der Waals surface area contributed by atoms with E-state index >= 15 is 0 Å². The van der Waals surface area contributed by atoms with Crippen molar-refractivity contribution in [1.29, 1.82) is 0 Å². The van der Waals surface area contributed by atoms with Crippen LogP contribution in [0.15, 0.2) is 29.6 Å². The van der Waals surface area contributed by atoms with E-state index in [0.29, 0.717) is 15.6 Å². The van der Waals surface area contributed by atoms with Crippen LogP contribution in [0.4, 0.5) is 0 Å². The molecule has 0 aliphatic carbocycles. The monoisotopic (exact) mass is 288 g/mol. The molecule has 1 aromatic heterocycles. The van der Waals surface area contributed by atoms with Gasteiger partial charge in [0.15, 0.2) is 0 Å². The lowest BCUT2D eigenvalue weighted by molar-refractivity contribution is 0.224. The maximum atomic E-state index is 10.2. The molecule has 5 heteroatoms. The topological polar surface area (TPSA) is 29.5 Å². The minimum atomic E-state index is -0.782. The fraction of sp³-hybridized carbons (Fsp3) is 0.167. The van der Waals surface area contributed by atoms with Crippen LogP contribution >= 0.6 is 34.5 Å². The molecule has 1 heterocycles. The third-order valence-corrected chi connectivity index (χ3v) is 3.90. The molecule has 1 atom stereocenters. The van der Waals surface area contributed by atoms with Gasteiger partial charge in [-0.15, -0.1) is 11.3 Å². The maximum Gasteiger partial charge on any atom is 0.129 e. The third-order valence-electron chi connectivity index (χ3n) is 2.35. The summed E-state index contributed by atoms with van der Waals surface area (Å²) in [6.45, 7) is 0. The zero-order valence-electron chi connectivity index (χ0n) is 8.98. The first-order valence-electron chi connectivity index (χ1n) is 4.87. The van der Waals surface area contributed by atoms with Gasteiger partial charge in [0.1, 0.15) is 11.9 Å². The molecule has 0 aliphatic rings. The summed E-state index contributed by atoms with van der Waals surface area (Å²) in [6, 6.07) is 6.82. The zero-order chi connectivity index (χ0) is 12.4. The molecule has 2 aromatic rings. The van der Waals surface area contributed by atoms with E-state index in [0.717, 1.165) is 10.6 Å². The predicted octanol–water partition coefficient (Wildman–Crippen LogP) is 4.15. The van der Waals surface area contributed by atoms with Crippen molar-refractivity contribution in [3.05, 3.63) is 50.1 Å². The SMILES string of the molecule is COc1csc(C(O)c2cc(Cl)ccc2Cl)c1. The molecular formula is C12H10Cl2O2S. The van der Waals surface area contributed by atoms with E-state index in [1.165, 1.54) is 11.3 Å². The first-order valence-corrected chi connectivity index (χ1v) is 6.51. The summed E-state index contributed by atoms with van der Waals surface area (Å²) in [5.74, 6) is 0.724. The zero-order valence-corrected chi connectivity index (χ0v) is 11.3. The molecule has 0 saturated heterocycles. The largest absolute Gasteiger partial charge is 0.496 e. The second-order valence-electron chi connectivity index (χ2n) is 3.46. The predicted molar refractivity (Wildman–Crippen MR) is 71.4 cm³/mol. The average molecular weight is 289 g/mol. The first kappa shape index (κ1) is 12.7. The summed E-state index contributed by atoms with van der Waals surface area (Å²) >= 11 is 13.3. The fourth-order valence-corrected chi connectivity index (χ4v) is 2.72. The summed E-state index contributed by atoms with van der Waals surface area (Å²) in [6.07, 6.45) is -0.782. The van der Waals surface area contributed by atoms with Gasteiger partial charge >= 0.3 is 0 Å². The van der Waals surface area contributed by atoms with Crippen LogP contribution in [-0.2, 0) is 0 Å². The van der Waals surface area contributed by atoms with Crippen molar-refractivity contribution in [1.82, 2.24) is 0 Å². The van der Waals surface area contributed by atoms with Crippen molar-refractivity contribution in [3.63, 3.8) is 0 Å². The molecule has 0 amide bonds. The Kier molecular flexibility index (Phi) is 3.94. The van der Waals surface area contributed by atoms with E-state index in [1.807, 2.05) is 5.38 Å². The Hall–Kier alpha value is -0.740. The lowest BCUT2D eigenvalue weighted by Gasteiger charge is -2.11. The summed E-state index contributed by atoms with van der Waals surface area (Å²) in [5, 5.41) is 13.1. The molecule has 0 radical (unpaired) electrons. The second-order valence-corrected chi connectivity index (χ2v) is 5.24. The van der Waals surface area contributed by atoms with Gasteiger partial charge in [-0.3, -0.25) is 0 Å². The van der Waals surface area contributed by atoms with Gasteiger partial charge in [-0.05, 0) is 24.3 Å². The Morgan fingerprint density at radius 1 is 1.29 bits per heavy atom. The molecule has 2 rings (SSSR count). The van der Waals surface area contributed by atoms with Gasteiger partial charge in [-0.25, -0.2) is 0 Å². The van der Waals surface area contributed by atoms with Crippen LogP contribution in [0.1, 0.15) is 16.5 Å². The maximum absolute atomic E-state index is 10.2. The van der Waals surface area contributed by atoms with Gasteiger partial charge in [0, 0.05) is 25.9 Å². The molecule has 1 N–H and O–H groups in total. The first-order chi connectivity index (χ1) is 8.11. The minimum absolute atomic E-state index is 0.495. The number of hydrogen-bond donors (Lipinski definition) is 1. The highest BCUT2D eigenvalue weighted by Gasteiger charge is 2.16. The van der Waals surface area contributed by atoms with Crippen molar-refractivity contribution < 1.29 is 9.84 Å². The molecular weight excluding hydrogens is 279 g/mol. The van der Waals surface area contributed by atoms with Crippen molar-refractivity contribution >= 4 is 34.5 Å². The highest BCUT2D eigenvalue weighted by atomic mass is 35.5. The van der Waals surface area contributed by atoms with E-state index in [9.17, 15) is 5.11 Å². The summed E-state index contributed by atoms with van der Waals surface area (Å²) in [4.78, 5) is 0.769. The Morgan fingerprint density at radius 3 is 2.71 bits per heavy atom. The number of ether oxygens (including phenoxy) is 1. The molecule has 0 spiro atoms. The van der Waals surface area contributed by atoms with E-state index in [-0.39, 0.29) is 0 Å². The van der Waals surface area contributed by atoms with Crippen LogP contribution < -0.4 is 4.74 Å². The van der Waals surface area contributed by atoms with Crippen LogP contribution in [-0.4, -0.2) is 12.2 Å². The Labute approximate surface area is 113 Å². The van der Waals surface area contributed by atoms with Gasteiger partial charge in [0.25, 0.3) is 0 Å². The number of methoxy groups -OCH3 is 1. The molecule has 1 aromatic carbocycles. The van der Waals surface area contributed by atoms with Crippen LogP contribution in [0, 0.1) is 0 Å². The summed E-state index contributed by atoms with van der Waals surface area (Å²) in [5.41, 5.74) is 0.601. The molecule has 0 saturated carbocycles. The van der Waals surface area contributed by atoms with Crippen molar-refractivity contribution in [3.8, 4) is 5.75 Å². The highest BCUT2D eigenvalue weighted by Crippen LogP contribution is 2.35. The normalized spacial score (nSPS) is 12.5. The van der Waals surface area contributed by atoms with E-state index in [4.69, 9.17) is 27.9 Å². The van der Waals surface area contributed by atoms with Crippen LogP contribution in [0.2, 0.25) is 10.0 Å². The van der Waals surface area contributed by atoms with Gasteiger partial charge in [-0.1, -0.05) is 23.2 Å². The van der Waals surface area contributed by atoms with Crippen molar-refractivity contribution in [2.24, 2.45) is 0 Å². The molecule has 0 aliphatic heterocycles. The molecule has 0 fully saturated rings. The highest BCUT2D eigenvalue weighted by molar-refractivity contribution is 7.10. The van der Waals surface area contributed by atoms with Crippen LogP contribution in [0.3, 0.4) is 0 Å². The Bertz CT molecular complexity index is 525. The van der Waals surface area contributed by atoms with Crippen LogP contribution in [0.25, 0.3) is 0 Å². The number of aliphatic hydroxyl groups excluding tert-OH is 1. The number of hydrogen-bond acceptors (Lipinski definition) is 3. The quantitative estimate of drug-likeness (QED) is 0.920. The number of thiophene rings is 1. The number of rotatable bonds is 3. The molecule has 2 nitrogen and oxygen atoms in total. The second kappa shape index (κ2) is 5.27. The number of aliphatic hydroxyl groups is 1. The summed E-state index contributed by atoms with van der Waals surface area (Å²) in [7, 11) is 1.59. The van der Waals surface area contributed by atoms with E-state index < -0.39 is 6.10 Å². The molecule has 0 bridgehead atoms. The fourth-order valence-electron chi connectivity index (χ4n) is 1.46. The Balaban J connectivity index is 2.35. The van der Waals surface area contributed by atoms with E-state index in [2.05, 4.69) is 0 Å². The lowest BCUT2D eigenvalue weighted by Crippen LogP contribution is -1.98. The minimum Gasteiger partial charge on any atom is -0.496 e. The van der Waals surface area contributed by atoms with E-state index in [1.54, 1.807) is 31.4 Å². The Morgan fingerprint density at radius 2 is 2.06 bits per heavy atom. The number of benzene rings is 1. The van der Waals surface area contributed by atoms with Crippen molar-refractivity contribution in [2.75, 3.05) is 7.11 Å². The number of halogens is 2. The van der Waals surface area contributed by atoms with Crippen molar-refractivity contribution in [2.45, 2.75) is 6.10 Å². The molecule has 17 heavy (non-hydrogen) atoms.